The number of ether oxygens (including phenoxy) is 2. The number of phenols is 1. The van der Waals surface area contributed by atoms with Crippen LogP contribution in [0, 0.1) is 0 Å². The number of nitrogens with zero attached hydrogens (tertiary/aromatic N) is 1. The predicted molar refractivity (Wildman–Crippen MR) is 115 cm³/mol. The van der Waals surface area contributed by atoms with Crippen LogP contribution < -0.4 is 20.2 Å². The van der Waals surface area contributed by atoms with E-state index in [1.807, 2.05) is 6.92 Å². The van der Waals surface area contributed by atoms with Gasteiger partial charge in [0.1, 0.15) is 12.2 Å². The van der Waals surface area contributed by atoms with Gasteiger partial charge >= 0.3 is 0 Å². The van der Waals surface area contributed by atoms with Gasteiger partial charge in [-0.1, -0.05) is 6.08 Å². The van der Waals surface area contributed by atoms with E-state index in [1.165, 1.54) is 6.21 Å². The molecule has 0 aliphatic heterocycles. The molecule has 8 nitrogen and oxygen atoms in total. The van der Waals surface area contributed by atoms with Gasteiger partial charge in [0, 0.05) is 11.3 Å². The SMILES string of the molecule is C=CCc1cc(C=NNC(=O)CC(=O)Nc2ccc(OC)cc2)cc(OCC)c1O. The second-order valence-electron chi connectivity index (χ2n) is 6.20. The number of hydrazone groups is 1. The zero-order valence-corrected chi connectivity index (χ0v) is 17.0. The normalized spacial score (nSPS) is 10.5. The highest BCUT2D eigenvalue weighted by molar-refractivity contribution is 6.03. The van der Waals surface area contributed by atoms with Crippen molar-refractivity contribution >= 4 is 23.7 Å². The summed E-state index contributed by atoms with van der Waals surface area (Å²) in [5, 5.41) is 16.7. The van der Waals surface area contributed by atoms with Crippen LogP contribution in [0.15, 0.2) is 54.2 Å². The standard InChI is InChI=1S/C22H25N3O5/c1-4-6-16-11-15(12-19(22(16)28)30-5-2)14-23-25-21(27)13-20(26)24-17-7-9-18(29-3)10-8-17/h4,7-12,14,28H,1,5-6,13H2,2-3H3,(H,24,26)(H,25,27). The average Bonchev–Trinajstić information content (AvgIpc) is 2.72. The van der Waals surface area contributed by atoms with Crippen LogP contribution in [0.2, 0.25) is 0 Å². The Hall–Kier alpha value is -3.81. The molecule has 2 aromatic carbocycles. The summed E-state index contributed by atoms with van der Waals surface area (Å²) in [7, 11) is 1.55. The molecule has 0 atom stereocenters. The third-order valence-electron chi connectivity index (χ3n) is 3.94. The van der Waals surface area contributed by atoms with E-state index >= 15 is 0 Å². The lowest BCUT2D eigenvalue weighted by atomic mass is 10.1. The number of allylic oxidation sites excluding steroid dienone is 1. The van der Waals surface area contributed by atoms with Crippen LogP contribution in [-0.4, -0.2) is 36.9 Å². The van der Waals surface area contributed by atoms with Crippen LogP contribution in [0.25, 0.3) is 0 Å². The van der Waals surface area contributed by atoms with Crippen molar-refractivity contribution in [1.82, 2.24) is 5.43 Å². The molecule has 0 heterocycles. The molecular weight excluding hydrogens is 386 g/mol. The number of nitrogens with one attached hydrogen (secondary N) is 2. The lowest BCUT2D eigenvalue weighted by Gasteiger charge is -2.10. The Morgan fingerprint density at radius 3 is 2.57 bits per heavy atom. The Balaban J connectivity index is 1.94. The zero-order chi connectivity index (χ0) is 21.9. The first-order valence-electron chi connectivity index (χ1n) is 9.32. The van der Waals surface area contributed by atoms with Crippen molar-refractivity contribution in [3.05, 3.63) is 60.2 Å². The number of carbonyl (C=O) groups is 2. The lowest BCUT2D eigenvalue weighted by molar-refractivity contribution is -0.126. The quantitative estimate of drug-likeness (QED) is 0.241. The van der Waals surface area contributed by atoms with Gasteiger partial charge in [-0.15, -0.1) is 6.58 Å². The molecule has 8 heteroatoms. The predicted octanol–water partition coefficient (Wildman–Crippen LogP) is 3.01. The minimum absolute atomic E-state index is 0.0492. The van der Waals surface area contributed by atoms with Gasteiger partial charge in [0.05, 0.1) is 19.9 Å². The molecule has 2 aromatic rings. The monoisotopic (exact) mass is 411 g/mol. The number of rotatable bonds is 10. The van der Waals surface area contributed by atoms with E-state index in [4.69, 9.17) is 9.47 Å². The fourth-order valence-corrected chi connectivity index (χ4v) is 2.58. The van der Waals surface area contributed by atoms with E-state index in [2.05, 4.69) is 22.4 Å². The van der Waals surface area contributed by atoms with E-state index in [0.29, 0.717) is 41.3 Å². The molecule has 0 aliphatic rings. The second-order valence-corrected chi connectivity index (χ2v) is 6.20. The maximum atomic E-state index is 12.0. The van der Waals surface area contributed by atoms with E-state index in [-0.39, 0.29) is 12.2 Å². The molecule has 30 heavy (non-hydrogen) atoms. The van der Waals surface area contributed by atoms with Crippen molar-refractivity contribution in [3.8, 4) is 17.2 Å². The molecule has 0 aliphatic carbocycles. The molecule has 158 valence electrons. The van der Waals surface area contributed by atoms with E-state index in [9.17, 15) is 14.7 Å². The number of aromatic hydroxyl groups is 1. The van der Waals surface area contributed by atoms with E-state index < -0.39 is 11.8 Å². The maximum absolute atomic E-state index is 12.0. The Kier molecular flexibility index (Phi) is 8.43. The van der Waals surface area contributed by atoms with Crippen molar-refractivity contribution in [1.29, 1.82) is 0 Å². The summed E-state index contributed by atoms with van der Waals surface area (Å²) in [6.07, 6.45) is 3.14. The maximum Gasteiger partial charge on any atom is 0.249 e. The van der Waals surface area contributed by atoms with E-state index in [1.54, 1.807) is 49.6 Å². The van der Waals surface area contributed by atoms with Crippen LogP contribution in [0.4, 0.5) is 5.69 Å². The van der Waals surface area contributed by atoms with Crippen molar-refractivity contribution in [3.63, 3.8) is 0 Å². The van der Waals surface area contributed by atoms with Gasteiger partial charge < -0.3 is 19.9 Å². The molecule has 3 N–H and O–H groups in total. The molecule has 0 saturated carbocycles. The van der Waals surface area contributed by atoms with Crippen molar-refractivity contribution in [2.45, 2.75) is 19.8 Å². The number of phenolic OH excluding ortho intramolecular Hbond substituents is 1. The molecule has 0 saturated heterocycles. The van der Waals surface area contributed by atoms with Gasteiger partial charge in [0.2, 0.25) is 11.8 Å². The second kappa shape index (κ2) is 11.3. The summed E-state index contributed by atoms with van der Waals surface area (Å²) in [4.78, 5) is 23.9. The Morgan fingerprint density at radius 1 is 1.20 bits per heavy atom. The minimum atomic E-state index is -0.563. The highest BCUT2D eigenvalue weighted by Crippen LogP contribution is 2.31. The number of hydrogen-bond donors (Lipinski definition) is 3. The number of anilines is 1. The summed E-state index contributed by atoms with van der Waals surface area (Å²) in [6.45, 7) is 5.87. The number of benzene rings is 2. The van der Waals surface area contributed by atoms with Gasteiger partial charge in [-0.25, -0.2) is 5.43 Å². The summed E-state index contributed by atoms with van der Waals surface area (Å²) >= 11 is 0. The van der Waals surface area contributed by atoms with Crippen LogP contribution >= 0.6 is 0 Å². The summed E-state index contributed by atoms with van der Waals surface area (Å²) in [5.74, 6) is 0.00600. The van der Waals surface area contributed by atoms with Crippen LogP contribution in [0.3, 0.4) is 0 Å². The Bertz CT molecular complexity index is 923. The van der Waals surface area contributed by atoms with Gasteiger partial charge in [-0.3, -0.25) is 9.59 Å². The van der Waals surface area contributed by atoms with Gasteiger partial charge in [-0.2, -0.15) is 5.10 Å². The van der Waals surface area contributed by atoms with Crippen LogP contribution in [0.1, 0.15) is 24.5 Å². The number of carbonyl (C=O) groups excluding carboxylic acids is 2. The first kappa shape index (κ1) is 22.5. The highest BCUT2D eigenvalue weighted by atomic mass is 16.5. The number of hydrogen-bond acceptors (Lipinski definition) is 6. The fraction of sp³-hybridized carbons (Fsp3) is 0.227. The summed E-state index contributed by atoms with van der Waals surface area (Å²) in [6, 6.07) is 10.1. The summed E-state index contributed by atoms with van der Waals surface area (Å²) < 4.78 is 10.5. The third-order valence-corrected chi connectivity index (χ3v) is 3.94. The van der Waals surface area contributed by atoms with Crippen molar-refractivity contribution in [2.24, 2.45) is 5.10 Å². The van der Waals surface area contributed by atoms with Crippen molar-refractivity contribution < 1.29 is 24.2 Å². The fourth-order valence-electron chi connectivity index (χ4n) is 2.58. The molecule has 0 radical (unpaired) electrons. The topological polar surface area (TPSA) is 109 Å². The van der Waals surface area contributed by atoms with Crippen molar-refractivity contribution in [2.75, 3.05) is 19.0 Å². The minimum Gasteiger partial charge on any atom is -0.504 e. The first-order valence-corrected chi connectivity index (χ1v) is 9.32. The van der Waals surface area contributed by atoms with Gasteiger partial charge in [-0.05, 0) is 55.3 Å². The molecule has 2 amide bonds. The molecule has 0 unspecified atom stereocenters. The average molecular weight is 411 g/mol. The van der Waals surface area contributed by atoms with Gasteiger partial charge in [0.15, 0.2) is 11.5 Å². The molecule has 2 rings (SSSR count). The zero-order valence-electron chi connectivity index (χ0n) is 17.0. The van der Waals surface area contributed by atoms with E-state index in [0.717, 1.165) is 0 Å². The first-order chi connectivity index (χ1) is 14.5. The third kappa shape index (κ3) is 6.66. The lowest BCUT2D eigenvalue weighted by Crippen LogP contribution is -2.24. The number of amides is 2. The molecule has 0 bridgehead atoms. The van der Waals surface area contributed by atoms with Crippen LogP contribution in [0.5, 0.6) is 17.2 Å². The Labute approximate surface area is 175 Å². The smallest absolute Gasteiger partial charge is 0.249 e. The molecule has 0 aromatic heterocycles. The van der Waals surface area contributed by atoms with Crippen LogP contribution in [-0.2, 0) is 16.0 Å². The highest BCUT2D eigenvalue weighted by Gasteiger charge is 2.11. The Morgan fingerprint density at radius 2 is 1.93 bits per heavy atom. The molecule has 0 fully saturated rings. The number of methoxy groups -OCH3 is 1. The van der Waals surface area contributed by atoms with Gasteiger partial charge in [0.25, 0.3) is 0 Å². The largest absolute Gasteiger partial charge is 0.504 e. The summed E-state index contributed by atoms with van der Waals surface area (Å²) in [5.41, 5.74) is 4.11. The molecular formula is C22H25N3O5. The molecule has 0 spiro atoms.